The summed E-state index contributed by atoms with van der Waals surface area (Å²) in [4.78, 5) is 27.5. The number of nitrogens with zero attached hydrogens (tertiary/aromatic N) is 4. The van der Waals surface area contributed by atoms with Gasteiger partial charge in [-0.15, -0.1) is 0 Å². The van der Waals surface area contributed by atoms with Crippen LogP contribution in [0, 0.1) is 0 Å². The van der Waals surface area contributed by atoms with Crippen molar-refractivity contribution >= 4 is 28.4 Å². The Hall–Kier alpha value is -3.47. The molecule has 0 radical (unpaired) electrons. The topological polar surface area (TPSA) is 89.5 Å². The summed E-state index contributed by atoms with van der Waals surface area (Å²) in [5.41, 5.74) is 0.141. The molecule has 1 fully saturated rings. The zero-order valence-electron chi connectivity index (χ0n) is 18.4. The molecule has 0 saturated carbocycles. The zero-order chi connectivity index (χ0) is 23.9. The number of halogens is 3. The Morgan fingerprint density at radius 3 is 2.85 bits per heavy atom. The Balaban J connectivity index is 1.58. The summed E-state index contributed by atoms with van der Waals surface area (Å²) < 4.78 is 51.7. The van der Waals surface area contributed by atoms with Crippen LogP contribution in [0.3, 0.4) is 0 Å². The molecule has 2 bridgehead atoms. The van der Waals surface area contributed by atoms with Crippen LogP contribution in [-0.2, 0) is 22.3 Å². The molecule has 1 aromatic carbocycles. The summed E-state index contributed by atoms with van der Waals surface area (Å²) in [7, 11) is 0. The Bertz CT molecular complexity index is 1250. The van der Waals surface area contributed by atoms with E-state index in [9.17, 15) is 18.0 Å². The summed E-state index contributed by atoms with van der Waals surface area (Å²) in [5.74, 6) is 0.906. The van der Waals surface area contributed by atoms with Gasteiger partial charge in [-0.2, -0.15) is 13.2 Å². The molecule has 1 saturated heterocycles. The van der Waals surface area contributed by atoms with Crippen LogP contribution in [0.15, 0.2) is 30.5 Å². The second kappa shape index (κ2) is 8.71. The molecule has 0 aliphatic carbocycles. The molecule has 1 amide bonds. The van der Waals surface area contributed by atoms with Gasteiger partial charge in [0.2, 0.25) is 0 Å². The number of anilines is 2. The van der Waals surface area contributed by atoms with Gasteiger partial charge >= 0.3 is 6.18 Å². The molecule has 0 spiro atoms. The minimum Gasteiger partial charge on any atom is -0.493 e. The van der Waals surface area contributed by atoms with E-state index in [1.165, 1.54) is 11.0 Å². The van der Waals surface area contributed by atoms with E-state index in [0.717, 1.165) is 6.07 Å². The van der Waals surface area contributed by atoms with Crippen LogP contribution in [0.5, 0.6) is 5.75 Å². The first-order valence-electron chi connectivity index (χ1n) is 10.9. The first-order chi connectivity index (χ1) is 16.3. The summed E-state index contributed by atoms with van der Waals surface area (Å²) in [6, 6.07) is 5.71. The molecule has 2 aromatic heterocycles. The third-order valence-corrected chi connectivity index (χ3v) is 5.93. The molecule has 5 rings (SSSR count). The number of aromatic nitrogens is 3. The van der Waals surface area contributed by atoms with E-state index >= 15 is 0 Å². The fraction of sp³-hybridized carbons (Fsp3) is 0.391. The maximum Gasteiger partial charge on any atom is 0.419 e. The third-order valence-electron chi connectivity index (χ3n) is 5.93. The van der Waals surface area contributed by atoms with Crippen molar-refractivity contribution in [3.05, 3.63) is 47.4 Å². The highest BCUT2D eigenvalue weighted by atomic mass is 19.4. The molecule has 4 heterocycles. The standard InChI is InChI=1S/C23H22F3N5O3/c1-13-5-7-34-20-14(3-2-4-16(20)23(24,25)26)10-28-22-15-9-18(31-6-8-33-12-19(31)32)27-11-17(15)29-21(13)30-22/h2-4,9,11,13H,5-8,10,12H2,1H3,(H,28,29,30). The largest absolute Gasteiger partial charge is 0.493 e. The number of hydrogen-bond acceptors (Lipinski definition) is 7. The van der Waals surface area contributed by atoms with Crippen molar-refractivity contribution in [3.63, 3.8) is 0 Å². The maximum atomic E-state index is 13.6. The number of benzene rings is 1. The number of morpholine rings is 1. The predicted molar refractivity (Wildman–Crippen MR) is 118 cm³/mol. The van der Waals surface area contributed by atoms with Crippen LogP contribution in [-0.4, -0.2) is 47.2 Å². The summed E-state index contributed by atoms with van der Waals surface area (Å²) in [6.07, 6.45) is -2.51. The average Bonchev–Trinajstić information content (AvgIpc) is 2.83. The number of hydrogen-bond donors (Lipinski definition) is 1. The Morgan fingerprint density at radius 2 is 2.06 bits per heavy atom. The highest BCUT2D eigenvalue weighted by Gasteiger charge is 2.35. The van der Waals surface area contributed by atoms with Gasteiger partial charge in [-0.25, -0.2) is 15.0 Å². The average molecular weight is 473 g/mol. The van der Waals surface area contributed by atoms with Gasteiger partial charge in [0.15, 0.2) is 0 Å². The number of carbonyl (C=O) groups is 1. The van der Waals surface area contributed by atoms with Gasteiger partial charge in [0.1, 0.15) is 29.8 Å². The van der Waals surface area contributed by atoms with E-state index in [0.29, 0.717) is 53.5 Å². The summed E-state index contributed by atoms with van der Waals surface area (Å²) in [5, 5.41) is 3.79. The van der Waals surface area contributed by atoms with Gasteiger partial charge in [0.25, 0.3) is 5.91 Å². The van der Waals surface area contributed by atoms with Gasteiger partial charge in [-0.05, 0) is 18.6 Å². The summed E-state index contributed by atoms with van der Waals surface area (Å²) >= 11 is 0. The number of ether oxygens (including phenoxy) is 2. The lowest BCUT2D eigenvalue weighted by Gasteiger charge is -2.26. The molecule has 8 nitrogen and oxygen atoms in total. The number of rotatable bonds is 1. The first kappa shape index (κ1) is 22.3. The smallest absolute Gasteiger partial charge is 0.419 e. The molecule has 2 aliphatic rings. The lowest BCUT2D eigenvalue weighted by molar-refractivity contribution is -0.139. The monoisotopic (exact) mass is 473 g/mol. The maximum absolute atomic E-state index is 13.6. The molecule has 1 unspecified atom stereocenters. The Labute approximate surface area is 193 Å². The Morgan fingerprint density at radius 1 is 1.21 bits per heavy atom. The van der Waals surface area contributed by atoms with E-state index in [-0.39, 0.29) is 37.3 Å². The number of pyridine rings is 1. The lowest BCUT2D eigenvalue weighted by atomic mass is 10.1. The molecule has 178 valence electrons. The zero-order valence-corrected chi connectivity index (χ0v) is 18.4. The van der Waals surface area contributed by atoms with Gasteiger partial charge in [-0.1, -0.05) is 19.1 Å². The molecular formula is C23H22F3N5O3. The van der Waals surface area contributed by atoms with Crippen LogP contribution < -0.4 is 15.0 Å². The van der Waals surface area contributed by atoms with Gasteiger partial charge in [0.05, 0.1) is 37.0 Å². The van der Waals surface area contributed by atoms with Crippen molar-refractivity contribution in [3.8, 4) is 5.75 Å². The van der Waals surface area contributed by atoms with Crippen molar-refractivity contribution in [1.82, 2.24) is 15.0 Å². The molecule has 11 heteroatoms. The highest BCUT2D eigenvalue weighted by molar-refractivity contribution is 5.97. The first-order valence-corrected chi connectivity index (χ1v) is 10.9. The van der Waals surface area contributed by atoms with Gasteiger partial charge in [-0.3, -0.25) is 9.69 Å². The van der Waals surface area contributed by atoms with Crippen LogP contribution in [0.25, 0.3) is 10.9 Å². The number of nitrogens with one attached hydrogen (secondary N) is 1. The van der Waals surface area contributed by atoms with Crippen molar-refractivity contribution in [2.75, 3.05) is 36.6 Å². The molecule has 3 aromatic rings. The molecular weight excluding hydrogens is 451 g/mol. The van der Waals surface area contributed by atoms with Crippen LogP contribution in [0.1, 0.15) is 36.2 Å². The van der Waals surface area contributed by atoms with E-state index in [1.807, 2.05) is 6.92 Å². The van der Waals surface area contributed by atoms with Crippen molar-refractivity contribution in [1.29, 1.82) is 0 Å². The normalized spacial score (nSPS) is 19.1. The third kappa shape index (κ3) is 4.23. The van der Waals surface area contributed by atoms with Crippen molar-refractivity contribution in [2.24, 2.45) is 0 Å². The van der Waals surface area contributed by atoms with E-state index in [4.69, 9.17) is 9.47 Å². The van der Waals surface area contributed by atoms with Crippen LogP contribution in [0.4, 0.5) is 24.8 Å². The predicted octanol–water partition coefficient (Wildman–Crippen LogP) is 3.90. The number of amides is 1. The van der Waals surface area contributed by atoms with Crippen LogP contribution in [0.2, 0.25) is 0 Å². The second-order valence-corrected chi connectivity index (χ2v) is 8.27. The fourth-order valence-electron chi connectivity index (χ4n) is 4.07. The number of para-hydroxylation sites is 1. The van der Waals surface area contributed by atoms with Gasteiger partial charge < -0.3 is 14.8 Å². The van der Waals surface area contributed by atoms with Crippen molar-refractivity contribution < 1.29 is 27.4 Å². The lowest BCUT2D eigenvalue weighted by Crippen LogP contribution is -2.42. The molecule has 2 aliphatic heterocycles. The molecule has 1 atom stereocenters. The molecule has 34 heavy (non-hydrogen) atoms. The number of alkyl halides is 3. The second-order valence-electron chi connectivity index (χ2n) is 8.27. The quantitative estimate of drug-likeness (QED) is 0.573. The van der Waals surface area contributed by atoms with Gasteiger partial charge in [0, 0.05) is 23.4 Å². The van der Waals surface area contributed by atoms with E-state index < -0.39 is 11.7 Å². The van der Waals surface area contributed by atoms with E-state index in [1.54, 1.807) is 18.3 Å². The molecule has 1 N–H and O–H groups in total. The Kier molecular flexibility index (Phi) is 5.72. The minimum absolute atomic E-state index is 0.0178. The highest BCUT2D eigenvalue weighted by Crippen LogP contribution is 2.39. The SMILES string of the molecule is CC1CCOc2c(cccc2C(F)(F)F)CNc2nc1nc1cnc(N3CCOCC3=O)cc21. The fourth-order valence-corrected chi connectivity index (χ4v) is 4.07. The van der Waals surface area contributed by atoms with Crippen molar-refractivity contribution in [2.45, 2.75) is 32.0 Å². The number of fused-ring (bicyclic) bond motifs is 5. The summed E-state index contributed by atoms with van der Waals surface area (Å²) in [6.45, 7) is 2.82. The van der Waals surface area contributed by atoms with E-state index in [2.05, 4.69) is 20.3 Å². The minimum atomic E-state index is -4.54. The number of carbonyl (C=O) groups excluding carboxylic acids is 1. The van der Waals surface area contributed by atoms with Crippen LogP contribution >= 0.6 is 0 Å².